The van der Waals surface area contributed by atoms with Crippen molar-refractivity contribution in [1.29, 1.82) is 0 Å². The predicted octanol–water partition coefficient (Wildman–Crippen LogP) is 2.99. The van der Waals surface area contributed by atoms with Gasteiger partial charge in [0.1, 0.15) is 0 Å². The van der Waals surface area contributed by atoms with E-state index in [-0.39, 0.29) is 0 Å². The molecule has 4 atom stereocenters. The summed E-state index contributed by atoms with van der Waals surface area (Å²) in [6.45, 7) is 12.3. The van der Waals surface area contributed by atoms with Crippen molar-refractivity contribution in [3.8, 4) is 0 Å². The van der Waals surface area contributed by atoms with Crippen LogP contribution < -0.4 is 5.32 Å². The second-order valence-corrected chi connectivity index (χ2v) is 5.28. The lowest BCUT2D eigenvalue weighted by molar-refractivity contribution is -0.0380. The molecule has 1 N–H and O–H groups in total. The van der Waals surface area contributed by atoms with Gasteiger partial charge in [-0.25, -0.2) is 0 Å². The fourth-order valence-electron chi connectivity index (χ4n) is 2.39. The summed E-state index contributed by atoms with van der Waals surface area (Å²) in [5.74, 6) is 1.68. The highest BCUT2D eigenvalue weighted by atomic mass is 16.5. The Hall–Kier alpha value is -0.340. The molecule has 4 unspecified atom stereocenters. The smallest absolute Gasteiger partial charge is 0.0675 e. The van der Waals surface area contributed by atoms with Gasteiger partial charge in [-0.3, -0.25) is 0 Å². The van der Waals surface area contributed by atoms with Crippen LogP contribution in [0, 0.1) is 11.8 Å². The minimum atomic E-state index is 0.311. The van der Waals surface area contributed by atoms with Crippen LogP contribution in [0.4, 0.5) is 0 Å². The molecule has 0 saturated heterocycles. The van der Waals surface area contributed by atoms with Crippen LogP contribution in [0.15, 0.2) is 12.7 Å². The molecular weight excluding hydrogens is 198 g/mol. The quantitative estimate of drug-likeness (QED) is 0.554. The number of hydrogen-bond donors (Lipinski definition) is 1. The van der Waals surface area contributed by atoms with E-state index < -0.39 is 0 Å². The molecule has 1 aliphatic carbocycles. The Morgan fingerprint density at radius 3 is 2.75 bits per heavy atom. The molecule has 16 heavy (non-hydrogen) atoms. The molecule has 0 amide bonds. The largest absolute Gasteiger partial charge is 0.374 e. The van der Waals surface area contributed by atoms with Gasteiger partial charge in [-0.1, -0.05) is 19.9 Å². The molecule has 2 heteroatoms. The summed E-state index contributed by atoms with van der Waals surface area (Å²) in [7, 11) is 0. The van der Waals surface area contributed by atoms with Crippen molar-refractivity contribution in [1.82, 2.24) is 5.32 Å². The zero-order valence-corrected chi connectivity index (χ0v) is 11.0. The van der Waals surface area contributed by atoms with Crippen LogP contribution in [0.3, 0.4) is 0 Å². The number of ether oxygens (including phenoxy) is 1. The lowest BCUT2D eigenvalue weighted by atomic mass is 9.80. The molecule has 2 nitrogen and oxygen atoms in total. The Labute approximate surface area is 100 Å². The van der Waals surface area contributed by atoms with Crippen LogP contribution in [0.25, 0.3) is 0 Å². The van der Waals surface area contributed by atoms with Crippen molar-refractivity contribution in [2.45, 2.75) is 52.2 Å². The third kappa shape index (κ3) is 4.67. The maximum absolute atomic E-state index is 6.06. The van der Waals surface area contributed by atoms with E-state index in [0.717, 1.165) is 24.9 Å². The van der Waals surface area contributed by atoms with Crippen LogP contribution in [-0.2, 0) is 4.74 Å². The SMILES string of the molecule is C=CCNCC(C)OC1CCC(C)C(C)C1. The summed E-state index contributed by atoms with van der Waals surface area (Å²) >= 11 is 0. The van der Waals surface area contributed by atoms with E-state index in [2.05, 4.69) is 32.7 Å². The minimum Gasteiger partial charge on any atom is -0.374 e. The van der Waals surface area contributed by atoms with Crippen LogP contribution in [0.2, 0.25) is 0 Å². The van der Waals surface area contributed by atoms with E-state index in [9.17, 15) is 0 Å². The number of nitrogens with one attached hydrogen (secondary N) is 1. The Balaban J connectivity index is 2.18. The lowest BCUT2D eigenvalue weighted by Gasteiger charge is -2.33. The lowest BCUT2D eigenvalue weighted by Crippen LogP contribution is -2.34. The van der Waals surface area contributed by atoms with Gasteiger partial charge < -0.3 is 10.1 Å². The van der Waals surface area contributed by atoms with E-state index in [4.69, 9.17) is 4.74 Å². The van der Waals surface area contributed by atoms with E-state index in [1.807, 2.05) is 6.08 Å². The highest BCUT2D eigenvalue weighted by Gasteiger charge is 2.25. The minimum absolute atomic E-state index is 0.311. The van der Waals surface area contributed by atoms with Crippen LogP contribution in [0.1, 0.15) is 40.0 Å². The van der Waals surface area contributed by atoms with Crippen molar-refractivity contribution in [2.75, 3.05) is 13.1 Å². The molecule has 0 aromatic carbocycles. The third-order valence-corrected chi connectivity index (χ3v) is 3.70. The first-order chi connectivity index (χ1) is 7.63. The standard InChI is InChI=1S/C14H27NO/c1-5-8-15-10-13(4)16-14-7-6-11(2)12(3)9-14/h5,11-15H,1,6-10H2,2-4H3. The van der Waals surface area contributed by atoms with Gasteiger partial charge in [0.25, 0.3) is 0 Å². The molecule has 1 saturated carbocycles. The predicted molar refractivity (Wildman–Crippen MR) is 69.6 cm³/mol. The molecule has 1 rings (SSSR count). The first-order valence-electron chi connectivity index (χ1n) is 6.60. The fourth-order valence-corrected chi connectivity index (χ4v) is 2.39. The van der Waals surface area contributed by atoms with Gasteiger partial charge >= 0.3 is 0 Å². The van der Waals surface area contributed by atoms with Crippen molar-refractivity contribution < 1.29 is 4.74 Å². The molecule has 0 heterocycles. The Morgan fingerprint density at radius 2 is 2.12 bits per heavy atom. The summed E-state index contributed by atoms with van der Waals surface area (Å²) < 4.78 is 6.06. The Morgan fingerprint density at radius 1 is 1.38 bits per heavy atom. The van der Waals surface area contributed by atoms with E-state index >= 15 is 0 Å². The van der Waals surface area contributed by atoms with Crippen LogP contribution >= 0.6 is 0 Å². The Bertz CT molecular complexity index is 205. The van der Waals surface area contributed by atoms with E-state index in [0.29, 0.717) is 12.2 Å². The molecule has 0 aliphatic heterocycles. The van der Waals surface area contributed by atoms with Crippen LogP contribution in [0.5, 0.6) is 0 Å². The first-order valence-corrected chi connectivity index (χ1v) is 6.60. The Kier molecular flexibility index (Phi) is 6.07. The molecular formula is C14H27NO. The van der Waals surface area contributed by atoms with Crippen molar-refractivity contribution in [3.63, 3.8) is 0 Å². The molecule has 0 bridgehead atoms. The molecule has 0 aromatic heterocycles. The van der Waals surface area contributed by atoms with Gasteiger partial charge in [0, 0.05) is 13.1 Å². The monoisotopic (exact) mass is 225 g/mol. The average molecular weight is 225 g/mol. The molecule has 0 radical (unpaired) electrons. The van der Waals surface area contributed by atoms with Crippen molar-refractivity contribution >= 4 is 0 Å². The van der Waals surface area contributed by atoms with Gasteiger partial charge in [0.15, 0.2) is 0 Å². The molecule has 1 aliphatic rings. The van der Waals surface area contributed by atoms with Gasteiger partial charge in [-0.05, 0) is 38.0 Å². The highest BCUT2D eigenvalue weighted by molar-refractivity contribution is 4.77. The second-order valence-electron chi connectivity index (χ2n) is 5.28. The summed E-state index contributed by atoms with van der Waals surface area (Å²) in [4.78, 5) is 0. The molecule has 0 spiro atoms. The van der Waals surface area contributed by atoms with Crippen molar-refractivity contribution in [3.05, 3.63) is 12.7 Å². The third-order valence-electron chi connectivity index (χ3n) is 3.70. The molecule has 0 aromatic rings. The molecule has 94 valence electrons. The second kappa shape index (κ2) is 7.08. The first kappa shape index (κ1) is 13.7. The maximum Gasteiger partial charge on any atom is 0.0675 e. The van der Waals surface area contributed by atoms with Crippen LogP contribution in [-0.4, -0.2) is 25.3 Å². The van der Waals surface area contributed by atoms with E-state index in [1.54, 1.807) is 0 Å². The van der Waals surface area contributed by atoms with Gasteiger partial charge in [0.2, 0.25) is 0 Å². The summed E-state index contributed by atoms with van der Waals surface area (Å²) in [6.07, 6.45) is 6.46. The molecule has 1 fully saturated rings. The normalized spacial score (nSPS) is 32.3. The van der Waals surface area contributed by atoms with Gasteiger partial charge in [-0.2, -0.15) is 0 Å². The maximum atomic E-state index is 6.06. The number of hydrogen-bond acceptors (Lipinski definition) is 2. The number of rotatable bonds is 6. The summed E-state index contributed by atoms with van der Waals surface area (Å²) in [6, 6.07) is 0. The summed E-state index contributed by atoms with van der Waals surface area (Å²) in [5, 5.41) is 3.30. The zero-order chi connectivity index (χ0) is 12.0. The van der Waals surface area contributed by atoms with Gasteiger partial charge in [0.05, 0.1) is 12.2 Å². The average Bonchev–Trinajstić information content (AvgIpc) is 2.24. The highest BCUT2D eigenvalue weighted by Crippen LogP contribution is 2.31. The topological polar surface area (TPSA) is 21.3 Å². The van der Waals surface area contributed by atoms with E-state index in [1.165, 1.54) is 19.3 Å². The summed E-state index contributed by atoms with van der Waals surface area (Å²) in [5.41, 5.74) is 0. The van der Waals surface area contributed by atoms with Crippen molar-refractivity contribution in [2.24, 2.45) is 11.8 Å². The van der Waals surface area contributed by atoms with Gasteiger partial charge in [-0.15, -0.1) is 6.58 Å². The fraction of sp³-hybridized carbons (Fsp3) is 0.857. The zero-order valence-electron chi connectivity index (χ0n) is 11.0.